The lowest BCUT2D eigenvalue weighted by molar-refractivity contribution is 0.0516. The van der Waals surface area contributed by atoms with E-state index in [4.69, 9.17) is 13.9 Å². The van der Waals surface area contributed by atoms with Crippen molar-refractivity contribution in [2.45, 2.75) is 13.0 Å². The smallest absolute Gasteiger partial charge is 0.275 e. The lowest BCUT2D eigenvalue weighted by Crippen LogP contribution is -2.42. The van der Waals surface area contributed by atoms with Crippen molar-refractivity contribution in [3.63, 3.8) is 0 Å². The second-order valence-corrected chi connectivity index (χ2v) is 6.47. The van der Waals surface area contributed by atoms with Crippen LogP contribution in [-0.2, 0) is 0 Å². The molecule has 27 heavy (non-hydrogen) atoms. The molecule has 0 saturated heterocycles. The van der Waals surface area contributed by atoms with Crippen molar-refractivity contribution in [1.29, 1.82) is 0 Å². The molecule has 1 aliphatic rings. The SMILES string of the molecule is Cc1oc(-c2ccccc2)nc1C(=O)N(C)CC1COc2ccccc2O1. The van der Waals surface area contributed by atoms with Gasteiger partial charge in [-0.25, -0.2) is 4.98 Å². The number of fused-ring (bicyclic) bond motifs is 1. The number of oxazole rings is 1. The van der Waals surface area contributed by atoms with E-state index in [-0.39, 0.29) is 12.0 Å². The van der Waals surface area contributed by atoms with Crippen molar-refractivity contribution in [2.24, 2.45) is 0 Å². The van der Waals surface area contributed by atoms with Gasteiger partial charge in [0.15, 0.2) is 23.3 Å². The summed E-state index contributed by atoms with van der Waals surface area (Å²) in [6.45, 7) is 2.53. The number of aryl methyl sites for hydroxylation is 1. The predicted octanol–water partition coefficient (Wildman–Crippen LogP) is 3.56. The van der Waals surface area contributed by atoms with Crippen LogP contribution >= 0.6 is 0 Å². The van der Waals surface area contributed by atoms with Crippen LogP contribution in [0.3, 0.4) is 0 Å². The Hall–Kier alpha value is -3.28. The Labute approximate surface area is 157 Å². The maximum Gasteiger partial charge on any atom is 0.275 e. The van der Waals surface area contributed by atoms with E-state index < -0.39 is 0 Å². The first-order chi connectivity index (χ1) is 13.1. The minimum atomic E-state index is -0.241. The number of rotatable bonds is 4. The number of amides is 1. The number of carbonyl (C=O) groups excluding carboxylic acids is 1. The number of ether oxygens (including phenoxy) is 2. The monoisotopic (exact) mass is 364 g/mol. The zero-order valence-electron chi connectivity index (χ0n) is 15.2. The highest BCUT2D eigenvalue weighted by atomic mass is 16.6. The molecule has 3 aromatic rings. The van der Waals surface area contributed by atoms with E-state index in [1.807, 2.05) is 54.6 Å². The van der Waals surface area contributed by atoms with Crippen molar-refractivity contribution in [3.05, 3.63) is 66.1 Å². The Balaban J connectivity index is 1.46. The Kier molecular flexibility index (Phi) is 4.54. The van der Waals surface area contributed by atoms with Crippen molar-refractivity contribution < 1.29 is 18.7 Å². The summed E-state index contributed by atoms with van der Waals surface area (Å²) in [6.07, 6.45) is -0.241. The molecule has 2 aromatic carbocycles. The van der Waals surface area contributed by atoms with Gasteiger partial charge in [0.05, 0.1) is 6.54 Å². The maximum atomic E-state index is 12.8. The molecule has 0 aliphatic carbocycles. The summed E-state index contributed by atoms with van der Waals surface area (Å²) in [5, 5.41) is 0. The number of likely N-dealkylation sites (N-methyl/N-ethyl adjacent to an activating group) is 1. The highest BCUT2D eigenvalue weighted by molar-refractivity contribution is 5.93. The van der Waals surface area contributed by atoms with Gasteiger partial charge >= 0.3 is 0 Å². The number of hydrogen-bond acceptors (Lipinski definition) is 5. The van der Waals surface area contributed by atoms with Crippen LogP contribution in [0.4, 0.5) is 0 Å². The zero-order chi connectivity index (χ0) is 18.8. The average molecular weight is 364 g/mol. The van der Waals surface area contributed by atoms with Gasteiger partial charge in [-0.05, 0) is 31.2 Å². The number of aromatic nitrogens is 1. The second kappa shape index (κ2) is 7.15. The summed E-state index contributed by atoms with van der Waals surface area (Å²) >= 11 is 0. The Morgan fingerprint density at radius 2 is 1.81 bits per heavy atom. The molecular weight excluding hydrogens is 344 g/mol. The maximum absolute atomic E-state index is 12.8. The first kappa shape index (κ1) is 17.1. The Morgan fingerprint density at radius 3 is 2.59 bits per heavy atom. The third-order valence-corrected chi connectivity index (χ3v) is 4.41. The molecule has 0 saturated carbocycles. The van der Waals surface area contributed by atoms with Crippen molar-refractivity contribution in [1.82, 2.24) is 9.88 Å². The second-order valence-electron chi connectivity index (χ2n) is 6.47. The third-order valence-electron chi connectivity index (χ3n) is 4.41. The van der Waals surface area contributed by atoms with Gasteiger partial charge < -0.3 is 18.8 Å². The molecule has 0 bridgehead atoms. The van der Waals surface area contributed by atoms with Gasteiger partial charge in [0.1, 0.15) is 12.4 Å². The first-order valence-electron chi connectivity index (χ1n) is 8.78. The average Bonchev–Trinajstić information content (AvgIpc) is 3.09. The van der Waals surface area contributed by atoms with Gasteiger partial charge in [-0.2, -0.15) is 0 Å². The van der Waals surface area contributed by atoms with E-state index in [0.29, 0.717) is 36.2 Å². The van der Waals surface area contributed by atoms with E-state index in [1.165, 1.54) is 0 Å². The fourth-order valence-corrected chi connectivity index (χ4v) is 3.02. The van der Waals surface area contributed by atoms with Crippen LogP contribution in [0.5, 0.6) is 11.5 Å². The molecule has 0 N–H and O–H groups in total. The number of carbonyl (C=O) groups is 1. The quantitative estimate of drug-likeness (QED) is 0.708. The van der Waals surface area contributed by atoms with Gasteiger partial charge in [-0.3, -0.25) is 4.79 Å². The normalized spacial score (nSPS) is 15.4. The molecule has 4 rings (SSSR count). The van der Waals surface area contributed by atoms with Crippen LogP contribution in [0.15, 0.2) is 59.0 Å². The molecule has 6 nitrogen and oxygen atoms in total. The molecule has 1 atom stereocenters. The van der Waals surface area contributed by atoms with Crippen LogP contribution in [-0.4, -0.2) is 42.1 Å². The number of nitrogens with zero attached hydrogens (tertiary/aromatic N) is 2. The van der Waals surface area contributed by atoms with Gasteiger partial charge in [0, 0.05) is 12.6 Å². The van der Waals surface area contributed by atoms with Crippen LogP contribution in [0, 0.1) is 6.92 Å². The van der Waals surface area contributed by atoms with Gasteiger partial charge in [0.2, 0.25) is 5.89 Å². The van der Waals surface area contributed by atoms with Crippen LogP contribution in [0.25, 0.3) is 11.5 Å². The molecule has 1 aliphatic heterocycles. The van der Waals surface area contributed by atoms with E-state index >= 15 is 0 Å². The minimum absolute atomic E-state index is 0.208. The fourth-order valence-electron chi connectivity index (χ4n) is 3.02. The number of benzene rings is 2. The largest absolute Gasteiger partial charge is 0.486 e. The lowest BCUT2D eigenvalue weighted by Gasteiger charge is -2.29. The first-order valence-corrected chi connectivity index (χ1v) is 8.78. The molecule has 1 unspecified atom stereocenters. The van der Waals surface area contributed by atoms with E-state index in [9.17, 15) is 4.79 Å². The summed E-state index contributed by atoms with van der Waals surface area (Å²) in [5.74, 6) is 2.15. The molecule has 2 heterocycles. The van der Waals surface area contributed by atoms with Crippen molar-refractivity contribution >= 4 is 5.91 Å². The van der Waals surface area contributed by atoms with Gasteiger partial charge in [-0.1, -0.05) is 30.3 Å². The van der Waals surface area contributed by atoms with E-state index in [2.05, 4.69) is 4.98 Å². The van der Waals surface area contributed by atoms with Crippen molar-refractivity contribution in [2.75, 3.05) is 20.2 Å². The standard InChI is InChI=1S/C21H20N2O4/c1-14-19(22-20(26-14)15-8-4-3-5-9-15)21(24)23(2)12-16-13-25-17-10-6-7-11-18(17)27-16/h3-11,16H,12-13H2,1-2H3. The molecule has 0 spiro atoms. The fraction of sp³-hybridized carbons (Fsp3) is 0.238. The van der Waals surface area contributed by atoms with Crippen molar-refractivity contribution in [3.8, 4) is 23.0 Å². The summed E-state index contributed by atoms with van der Waals surface area (Å²) in [4.78, 5) is 18.8. The van der Waals surface area contributed by atoms with Gasteiger partial charge in [0.25, 0.3) is 5.91 Å². The number of hydrogen-bond donors (Lipinski definition) is 0. The Morgan fingerprint density at radius 1 is 1.11 bits per heavy atom. The minimum Gasteiger partial charge on any atom is -0.486 e. The van der Waals surface area contributed by atoms with E-state index in [1.54, 1.807) is 18.9 Å². The van der Waals surface area contributed by atoms with E-state index in [0.717, 1.165) is 11.3 Å². The van der Waals surface area contributed by atoms with Gasteiger partial charge in [-0.15, -0.1) is 0 Å². The Bertz CT molecular complexity index is 952. The topological polar surface area (TPSA) is 64.8 Å². The molecular formula is C21H20N2O4. The third kappa shape index (κ3) is 3.51. The lowest BCUT2D eigenvalue weighted by atomic mass is 10.2. The number of para-hydroxylation sites is 2. The summed E-state index contributed by atoms with van der Waals surface area (Å²) in [7, 11) is 1.72. The highest BCUT2D eigenvalue weighted by Gasteiger charge is 2.27. The molecule has 0 fully saturated rings. The highest BCUT2D eigenvalue weighted by Crippen LogP contribution is 2.31. The summed E-state index contributed by atoms with van der Waals surface area (Å²) in [5.41, 5.74) is 1.15. The van der Waals surface area contributed by atoms with Crippen LogP contribution in [0.1, 0.15) is 16.2 Å². The zero-order valence-corrected chi connectivity index (χ0v) is 15.2. The molecule has 138 valence electrons. The van der Waals surface area contributed by atoms with Crippen LogP contribution < -0.4 is 9.47 Å². The molecule has 1 amide bonds. The summed E-state index contributed by atoms with van der Waals surface area (Å²) < 4.78 is 17.3. The molecule has 0 radical (unpaired) electrons. The van der Waals surface area contributed by atoms with Crippen LogP contribution in [0.2, 0.25) is 0 Å². The molecule has 1 aromatic heterocycles. The summed E-state index contributed by atoms with van der Waals surface area (Å²) in [6, 6.07) is 17.0. The molecule has 6 heteroatoms. The predicted molar refractivity (Wildman–Crippen MR) is 100.0 cm³/mol.